The maximum Gasteiger partial charge on any atom is 0.0782 e. The summed E-state index contributed by atoms with van der Waals surface area (Å²) in [5.41, 5.74) is 4.92. The smallest absolute Gasteiger partial charge is 0.0782 e. The molecule has 0 saturated carbocycles. The maximum atomic E-state index is 10.5. The lowest BCUT2D eigenvalue weighted by molar-refractivity contribution is 1.33. The van der Waals surface area contributed by atoms with Crippen molar-refractivity contribution in [1.82, 2.24) is 4.98 Å². The number of para-hydroxylation sites is 2. The zero-order valence-corrected chi connectivity index (χ0v) is 8.92. The van der Waals surface area contributed by atoms with E-state index in [1.54, 1.807) is 0 Å². The number of nitrogens with one attached hydrogen (secondary N) is 1. The summed E-state index contributed by atoms with van der Waals surface area (Å²) in [6.45, 7) is 0. The fourth-order valence-electron chi connectivity index (χ4n) is 2.01. The van der Waals surface area contributed by atoms with Gasteiger partial charge in [-0.1, -0.05) is 36.4 Å². The van der Waals surface area contributed by atoms with Crippen LogP contribution >= 0.6 is 0 Å². The standard InChI is InChI=1S/C13H9N3O/c17-16-15-13-9-5-1-3-7-11(9)14-12-8-4-2-6-10(12)13/h1-8H,(H,14,15,17). The van der Waals surface area contributed by atoms with Crippen molar-refractivity contribution in [3.8, 4) is 0 Å². The first-order chi connectivity index (χ1) is 8.40. The Morgan fingerprint density at radius 2 is 1.41 bits per heavy atom. The monoisotopic (exact) mass is 223 g/mol. The van der Waals surface area contributed by atoms with Crippen molar-refractivity contribution in [2.75, 3.05) is 5.43 Å². The molecule has 0 fully saturated rings. The van der Waals surface area contributed by atoms with E-state index in [0.29, 0.717) is 5.69 Å². The van der Waals surface area contributed by atoms with Crippen LogP contribution in [0.25, 0.3) is 21.8 Å². The van der Waals surface area contributed by atoms with Crippen LogP contribution in [-0.2, 0) is 0 Å². The lowest BCUT2D eigenvalue weighted by Crippen LogP contribution is -1.92. The fraction of sp³-hybridized carbons (Fsp3) is 0. The van der Waals surface area contributed by atoms with Gasteiger partial charge in [-0.15, -0.1) is 4.91 Å². The van der Waals surface area contributed by atoms with E-state index in [9.17, 15) is 4.91 Å². The summed E-state index contributed by atoms with van der Waals surface area (Å²) in [5.74, 6) is 0. The summed E-state index contributed by atoms with van der Waals surface area (Å²) in [7, 11) is 0. The summed E-state index contributed by atoms with van der Waals surface area (Å²) >= 11 is 0. The first-order valence-corrected chi connectivity index (χ1v) is 5.26. The van der Waals surface area contributed by atoms with Crippen LogP contribution in [0.2, 0.25) is 0 Å². The van der Waals surface area contributed by atoms with Gasteiger partial charge in [-0.2, -0.15) is 0 Å². The molecule has 3 rings (SSSR count). The zero-order valence-electron chi connectivity index (χ0n) is 8.92. The molecule has 0 bridgehead atoms. The highest BCUT2D eigenvalue weighted by molar-refractivity contribution is 6.07. The molecule has 17 heavy (non-hydrogen) atoms. The summed E-state index contributed by atoms with van der Waals surface area (Å²) in [6.07, 6.45) is 0. The van der Waals surface area contributed by atoms with Crippen LogP contribution in [0.3, 0.4) is 0 Å². The molecule has 0 aliphatic rings. The molecule has 0 radical (unpaired) electrons. The molecular formula is C13H9N3O. The highest BCUT2D eigenvalue weighted by Gasteiger charge is 2.07. The number of hydrogen-bond donors (Lipinski definition) is 1. The van der Waals surface area contributed by atoms with Gasteiger partial charge in [0.05, 0.1) is 22.0 Å². The Labute approximate surface area is 97.2 Å². The average molecular weight is 223 g/mol. The number of hydrogen-bond acceptors (Lipinski definition) is 3. The molecule has 3 aromatic rings. The second-order valence-corrected chi connectivity index (χ2v) is 3.72. The SMILES string of the molecule is O=NNc1c2ccccc2nc2ccccc12. The molecule has 4 heteroatoms. The van der Waals surface area contributed by atoms with Gasteiger partial charge in [0, 0.05) is 10.8 Å². The minimum Gasteiger partial charge on any atom is -0.248 e. The predicted molar refractivity (Wildman–Crippen MR) is 68.7 cm³/mol. The third kappa shape index (κ3) is 1.50. The number of anilines is 1. The Morgan fingerprint density at radius 1 is 0.882 bits per heavy atom. The van der Waals surface area contributed by atoms with Gasteiger partial charge in [0.15, 0.2) is 0 Å². The lowest BCUT2D eigenvalue weighted by atomic mass is 10.1. The fourth-order valence-corrected chi connectivity index (χ4v) is 2.01. The van der Waals surface area contributed by atoms with E-state index >= 15 is 0 Å². The minimum absolute atomic E-state index is 0.709. The third-order valence-corrected chi connectivity index (χ3v) is 2.75. The van der Waals surface area contributed by atoms with Crippen molar-refractivity contribution in [2.24, 2.45) is 5.29 Å². The minimum atomic E-state index is 0.709. The lowest BCUT2D eigenvalue weighted by Gasteiger charge is -2.07. The molecule has 0 spiro atoms. The molecule has 0 atom stereocenters. The van der Waals surface area contributed by atoms with Crippen molar-refractivity contribution in [3.63, 3.8) is 0 Å². The molecule has 82 valence electrons. The van der Waals surface area contributed by atoms with E-state index < -0.39 is 0 Å². The van der Waals surface area contributed by atoms with Gasteiger partial charge < -0.3 is 0 Å². The largest absolute Gasteiger partial charge is 0.248 e. The second-order valence-electron chi connectivity index (χ2n) is 3.72. The molecule has 1 aromatic heterocycles. The molecule has 1 N–H and O–H groups in total. The highest BCUT2D eigenvalue weighted by atomic mass is 16.3. The number of rotatable bonds is 2. The van der Waals surface area contributed by atoms with Crippen molar-refractivity contribution in [3.05, 3.63) is 53.4 Å². The van der Waals surface area contributed by atoms with Crippen LogP contribution in [0, 0.1) is 4.91 Å². The predicted octanol–water partition coefficient (Wildman–Crippen LogP) is 3.48. The summed E-state index contributed by atoms with van der Waals surface area (Å²) in [5, 5.41) is 4.57. The number of aromatic nitrogens is 1. The van der Waals surface area contributed by atoms with E-state index in [1.807, 2.05) is 48.5 Å². The summed E-state index contributed by atoms with van der Waals surface area (Å²) in [6, 6.07) is 15.3. The number of nitroso groups, excluding NO2 is 1. The van der Waals surface area contributed by atoms with Gasteiger partial charge in [-0.25, -0.2) is 10.4 Å². The summed E-state index contributed by atoms with van der Waals surface area (Å²) in [4.78, 5) is 15.0. The van der Waals surface area contributed by atoms with Crippen LogP contribution in [0.4, 0.5) is 5.69 Å². The van der Waals surface area contributed by atoms with E-state index in [4.69, 9.17) is 0 Å². The number of pyridine rings is 1. The van der Waals surface area contributed by atoms with Gasteiger partial charge in [-0.3, -0.25) is 0 Å². The van der Waals surface area contributed by atoms with Crippen LogP contribution in [0.1, 0.15) is 0 Å². The highest BCUT2D eigenvalue weighted by Crippen LogP contribution is 2.30. The molecular weight excluding hydrogens is 214 g/mol. The van der Waals surface area contributed by atoms with Crippen molar-refractivity contribution < 1.29 is 0 Å². The number of fused-ring (bicyclic) bond motifs is 2. The molecule has 0 unspecified atom stereocenters. The number of benzene rings is 2. The molecule has 0 aliphatic carbocycles. The van der Waals surface area contributed by atoms with Gasteiger partial charge in [0.25, 0.3) is 0 Å². The molecule has 1 heterocycles. The Balaban J connectivity index is 2.51. The van der Waals surface area contributed by atoms with Gasteiger partial charge in [0.1, 0.15) is 0 Å². The van der Waals surface area contributed by atoms with Crippen LogP contribution < -0.4 is 5.43 Å². The average Bonchev–Trinajstić information content (AvgIpc) is 2.39. The third-order valence-electron chi connectivity index (χ3n) is 2.75. The van der Waals surface area contributed by atoms with E-state index in [2.05, 4.69) is 15.7 Å². The van der Waals surface area contributed by atoms with Gasteiger partial charge >= 0.3 is 0 Å². The Morgan fingerprint density at radius 3 is 1.94 bits per heavy atom. The van der Waals surface area contributed by atoms with E-state index in [1.165, 1.54) is 0 Å². The maximum absolute atomic E-state index is 10.5. The molecule has 0 aliphatic heterocycles. The second kappa shape index (κ2) is 3.83. The van der Waals surface area contributed by atoms with Crippen molar-refractivity contribution in [1.29, 1.82) is 0 Å². The quantitative estimate of drug-likeness (QED) is 0.411. The molecule has 2 aromatic carbocycles. The Bertz CT molecular complexity index is 655. The van der Waals surface area contributed by atoms with E-state index in [0.717, 1.165) is 21.8 Å². The van der Waals surface area contributed by atoms with Gasteiger partial charge in [0.2, 0.25) is 0 Å². The Kier molecular flexibility index (Phi) is 2.19. The van der Waals surface area contributed by atoms with Gasteiger partial charge in [-0.05, 0) is 12.1 Å². The first-order valence-electron chi connectivity index (χ1n) is 5.26. The molecule has 0 amide bonds. The molecule has 0 saturated heterocycles. The zero-order chi connectivity index (χ0) is 11.7. The summed E-state index contributed by atoms with van der Waals surface area (Å²) < 4.78 is 0. The van der Waals surface area contributed by atoms with Crippen molar-refractivity contribution in [2.45, 2.75) is 0 Å². The first kappa shape index (κ1) is 9.72. The van der Waals surface area contributed by atoms with Crippen LogP contribution in [0.5, 0.6) is 0 Å². The molecule has 4 nitrogen and oxygen atoms in total. The topological polar surface area (TPSA) is 54.4 Å². The normalized spacial score (nSPS) is 10.6. The Hall–Kier alpha value is -2.49. The van der Waals surface area contributed by atoms with E-state index in [-0.39, 0.29) is 0 Å². The van der Waals surface area contributed by atoms with Crippen LogP contribution in [0.15, 0.2) is 53.8 Å². The van der Waals surface area contributed by atoms with Crippen molar-refractivity contribution >= 4 is 27.5 Å². The number of nitrogens with zero attached hydrogens (tertiary/aromatic N) is 2. The van der Waals surface area contributed by atoms with Crippen LogP contribution in [-0.4, -0.2) is 4.98 Å².